The molecule has 0 aliphatic carbocycles. The van der Waals surface area contributed by atoms with E-state index < -0.39 is 6.29 Å². The summed E-state index contributed by atoms with van der Waals surface area (Å²) < 4.78 is 23.6. The van der Waals surface area contributed by atoms with Crippen molar-refractivity contribution in [3.63, 3.8) is 0 Å². The molecule has 0 aromatic heterocycles. The largest absolute Gasteiger partial charge is 0.374 e. The van der Waals surface area contributed by atoms with Gasteiger partial charge in [0.1, 0.15) is 6.10 Å². The second-order valence-electron chi connectivity index (χ2n) is 6.86. The molecule has 0 spiro atoms. The van der Waals surface area contributed by atoms with Crippen LogP contribution in [-0.2, 0) is 32.2 Å². The molecule has 0 bridgehead atoms. The summed E-state index contributed by atoms with van der Waals surface area (Å²) >= 11 is 0. The van der Waals surface area contributed by atoms with Crippen molar-refractivity contribution in [3.05, 3.63) is 83.9 Å². The molecule has 2 aromatic rings. The van der Waals surface area contributed by atoms with Gasteiger partial charge >= 0.3 is 0 Å². The van der Waals surface area contributed by atoms with E-state index in [0.717, 1.165) is 16.7 Å². The first-order chi connectivity index (χ1) is 13.2. The predicted octanol–water partition coefficient (Wildman–Crippen LogP) is 4.35. The zero-order chi connectivity index (χ0) is 19.1. The average molecular weight is 368 g/mol. The molecule has 0 N–H and O–H groups in total. The predicted molar refractivity (Wildman–Crippen MR) is 105 cm³/mol. The number of rotatable bonds is 8. The van der Waals surface area contributed by atoms with Crippen LogP contribution in [0.3, 0.4) is 0 Å². The van der Waals surface area contributed by atoms with Crippen LogP contribution in [0.15, 0.2) is 72.8 Å². The van der Waals surface area contributed by atoms with Gasteiger partial charge in [-0.2, -0.15) is 0 Å². The van der Waals surface area contributed by atoms with Crippen molar-refractivity contribution in [2.75, 3.05) is 13.7 Å². The first-order valence-corrected chi connectivity index (χ1v) is 9.33. The molecule has 0 amide bonds. The molecule has 1 aliphatic heterocycles. The summed E-state index contributed by atoms with van der Waals surface area (Å²) in [7, 11) is 1.63. The lowest BCUT2D eigenvalue weighted by Gasteiger charge is -2.41. The van der Waals surface area contributed by atoms with Crippen molar-refractivity contribution in [3.8, 4) is 0 Å². The van der Waals surface area contributed by atoms with E-state index in [9.17, 15) is 0 Å². The fourth-order valence-electron chi connectivity index (χ4n) is 3.21. The summed E-state index contributed by atoms with van der Waals surface area (Å²) in [5.41, 5.74) is 3.24. The smallest absolute Gasteiger partial charge is 0.187 e. The third kappa shape index (κ3) is 5.27. The van der Waals surface area contributed by atoms with Gasteiger partial charge in [-0.25, -0.2) is 0 Å². The maximum Gasteiger partial charge on any atom is 0.187 e. The maximum atomic E-state index is 6.12. The number of hydrogen-bond acceptors (Lipinski definition) is 4. The minimum Gasteiger partial charge on any atom is -0.374 e. The molecule has 4 nitrogen and oxygen atoms in total. The molecule has 2 aromatic carbocycles. The quantitative estimate of drug-likeness (QED) is 0.649. The van der Waals surface area contributed by atoms with Crippen molar-refractivity contribution in [1.29, 1.82) is 0 Å². The molecule has 4 atom stereocenters. The highest BCUT2D eigenvalue weighted by Gasteiger charge is 2.39. The van der Waals surface area contributed by atoms with Crippen LogP contribution in [0.4, 0.5) is 0 Å². The molecular formula is C23H28O4. The van der Waals surface area contributed by atoms with Crippen LogP contribution in [0, 0.1) is 5.92 Å². The summed E-state index contributed by atoms with van der Waals surface area (Å²) in [5.74, 6) is 0.118. The molecule has 1 heterocycles. The molecule has 0 saturated carbocycles. The zero-order valence-corrected chi connectivity index (χ0v) is 16.0. The molecule has 1 saturated heterocycles. The Morgan fingerprint density at radius 3 is 2.11 bits per heavy atom. The lowest BCUT2D eigenvalue weighted by molar-refractivity contribution is -0.244. The summed E-state index contributed by atoms with van der Waals surface area (Å²) in [5, 5.41) is 0. The van der Waals surface area contributed by atoms with Gasteiger partial charge in [0.15, 0.2) is 6.29 Å². The first-order valence-electron chi connectivity index (χ1n) is 9.33. The highest BCUT2D eigenvalue weighted by molar-refractivity contribution is 5.16. The van der Waals surface area contributed by atoms with Crippen LogP contribution in [-0.4, -0.2) is 32.2 Å². The normalized spacial score (nSPS) is 25.5. The number of benzene rings is 2. The molecule has 2 unspecified atom stereocenters. The second-order valence-corrected chi connectivity index (χ2v) is 6.86. The summed E-state index contributed by atoms with van der Waals surface area (Å²) in [4.78, 5) is 0. The van der Waals surface area contributed by atoms with Crippen LogP contribution in [0.25, 0.3) is 0 Å². The van der Waals surface area contributed by atoms with E-state index in [0.29, 0.717) is 19.8 Å². The Hall–Kier alpha value is -1.98. The minimum absolute atomic E-state index is 0.109. The Labute approximate surface area is 161 Å². The van der Waals surface area contributed by atoms with Gasteiger partial charge in [-0.15, -0.1) is 0 Å². The molecule has 0 radical (unpaired) electrons. The van der Waals surface area contributed by atoms with E-state index in [4.69, 9.17) is 18.9 Å². The van der Waals surface area contributed by atoms with Gasteiger partial charge in [-0.05, 0) is 16.7 Å². The fourth-order valence-corrected chi connectivity index (χ4v) is 3.21. The highest BCUT2D eigenvalue weighted by Crippen LogP contribution is 2.32. The third-order valence-corrected chi connectivity index (χ3v) is 4.96. The van der Waals surface area contributed by atoms with E-state index in [1.165, 1.54) is 0 Å². The second kappa shape index (κ2) is 9.81. The summed E-state index contributed by atoms with van der Waals surface area (Å²) in [6.45, 7) is 7.91. The van der Waals surface area contributed by atoms with Gasteiger partial charge in [0.25, 0.3) is 0 Å². The molecule has 144 valence electrons. The van der Waals surface area contributed by atoms with Crippen LogP contribution in [0.2, 0.25) is 0 Å². The van der Waals surface area contributed by atoms with Crippen LogP contribution >= 0.6 is 0 Å². The zero-order valence-electron chi connectivity index (χ0n) is 16.0. The number of hydrogen-bond donors (Lipinski definition) is 0. The third-order valence-electron chi connectivity index (χ3n) is 4.96. The molecule has 1 aliphatic rings. The van der Waals surface area contributed by atoms with Crippen molar-refractivity contribution >= 4 is 0 Å². The Morgan fingerprint density at radius 1 is 0.926 bits per heavy atom. The van der Waals surface area contributed by atoms with Crippen LogP contribution in [0.1, 0.15) is 18.1 Å². The van der Waals surface area contributed by atoms with Gasteiger partial charge in [0.05, 0.1) is 25.9 Å². The lowest BCUT2D eigenvalue weighted by atomic mass is 9.89. The van der Waals surface area contributed by atoms with Gasteiger partial charge < -0.3 is 18.9 Å². The fraction of sp³-hybridized carbons (Fsp3) is 0.391. The Kier molecular flexibility index (Phi) is 7.18. The molecule has 4 heteroatoms. The van der Waals surface area contributed by atoms with Gasteiger partial charge in [0, 0.05) is 13.0 Å². The van der Waals surface area contributed by atoms with Gasteiger partial charge in [-0.3, -0.25) is 0 Å². The maximum absolute atomic E-state index is 6.12. The molecule has 1 fully saturated rings. The number of methoxy groups -OCH3 is 1. The van der Waals surface area contributed by atoms with E-state index in [1.807, 2.05) is 48.5 Å². The van der Waals surface area contributed by atoms with Crippen LogP contribution < -0.4 is 0 Å². The van der Waals surface area contributed by atoms with E-state index in [2.05, 4.69) is 25.6 Å². The van der Waals surface area contributed by atoms with Gasteiger partial charge in [-0.1, -0.05) is 74.2 Å². The Bertz CT molecular complexity index is 701. The topological polar surface area (TPSA) is 36.9 Å². The van der Waals surface area contributed by atoms with E-state index >= 15 is 0 Å². The number of ether oxygens (including phenoxy) is 4. The summed E-state index contributed by atoms with van der Waals surface area (Å²) in [6, 6.07) is 20.2. The first kappa shape index (κ1) is 19.8. The monoisotopic (exact) mass is 368 g/mol. The standard InChI is InChI=1S/C23H28O4/c1-17-18(2)22(26-15-20-12-8-5-9-13-20)23(24-3)27-21(17)16-25-14-19-10-6-4-7-11-19/h4-13,17,21-23H,2,14-16H2,1,3H3/t17-,21?,22?,23-/m1/s1. The molecule has 27 heavy (non-hydrogen) atoms. The van der Waals surface area contributed by atoms with Crippen molar-refractivity contribution in [2.24, 2.45) is 5.92 Å². The van der Waals surface area contributed by atoms with E-state index in [-0.39, 0.29) is 18.1 Å². The highest BCUT2D eigenvalue weighted by atomic mass is 16.7. The van der Waals surface area contributed by atoms with Crippen LogP contribution in [0.5, 0.6) is 0 Å². The van der Waals surface area contributed by atoms with Crippen molar-refractivity contribution in [1.82, 2.24) is 0 Å². The molecule has 3 rings (SSSR count). The summed E-state index contributed by atoms with van der Waals surface area (Å²) in [6.07, 6.45) is -0.888. The average Bonchev–Trinajstić information content (AvgIpc) is 2.72. The molecular weight excluding hydrogens is 340 g/mol. The van der Waals surface area contributed by atoms with E-state index in [1.54, 1.807) is 7.11 Å². The Balaban J connectivity index is 1.55. The Morgan fingerprint density at radius 2 is 1.52 bits per heavy atom. The lowest BCUT2D eigenvalue weighted by Crippen LogP contribution is -2.48. The van der Waals surface area contributed by atoms with Gasteiger partial charge in [0.2, 0.25) is 0 Å². The van der Waals surface area contributed by atoms with Crippen molar-refractivity contribution < 1.29 is 18.9 Å². The SMILES string of the molecule is C=C1C(OCc2ccccc2)[C@H](OC)OC(COCc2ccccc2)[C@@H]1C. The van der Waals surface area contributed by atoms with Crippen molar-refractivity contribution in [2.45, 2.75) is 38.6 Å². The minimum atomic E-state index is -0.484.